The summed E-state index contributed by atoms with van der Waals surface area (Å²) in [6.45, 7) is 4.33. The predicted octanol–water partition coefficient (Wildman–Crippen LogP) is 3.88. The smallest absolute Gasteiger partial charge is 0.120 e. The van der Waals surface area contributed by atoms with Crippen molar-refractivity contribution in [3.63, 3.8) is 0 Å². The van der Waals surface area contributed by atoms with Gasteiger partial charge in [-0.05, 0) is 36.6 Å². The summed E-state index contributed by atoms with van der Waals surface area (Å²) in [5.41, 5.74) is 1.22. The van der Waals surface area contributed by atoms with Crippen LogP contribution >= 0.6 is 0 Å². The van der Waals surface area contributed by atoms with E-state index in [2.05, 4.69) is 0 Å². The van der Waals surface area contributed by atoms with E-state index >= 15 is 0 Å². The maximum absolute atomic E-state index is 10.2. The lowest BCUT2D eigenvalue weighted by molar-refractivity contribution is 0.0528. The second-order valence-electron chi connectivity index (χ2n) is 4.93. The molecule has 0 saturated carbocycles. The van der Waals surface area contributed by atoms with Gasteiger partial charge in [-0.2, -0.15) is 0 Å². The van der Waals surface area contributed by atoms with Crippen LogP contribution in [0, 0.1) is 0 Å². The largest absolute Gasteiger partial charge is 0.489 e. The first-order chi connectivity index (χ1) is 9.12. The maximum atomic E-state index is 10.2. The van der Waals surface area contributed by atoms with Crippen molar-refractivity contribution in [2.45, 2.75) is 32.5 Å². The van der Waals surface area contributed by atoms with Crippen molar-refractivity contribution in [2.75, 3.05) is 0 Å². The molecule has 2 aromatic carbocycles. The standard InChI is InChI=1S/C17H20O2/c1-3-17(2,18)15-10-7-11-16(12-15)19-13-14-8-5-4-6-9-14/h4-12,18H,3,13H2,1-2H3. The van der Waals surface area contributed by atoms with Crippen LogP contribution in [0.2, 0.25) is 0 Å². The zero-order valence-electron chi connectivity index (χ0n) is 11.5. The minimum atomic E-state index is -0.799. The molecule has 0 aromatic heterocycles. The molecule has 0 radical (unpaired) electrons. The molecule has 1 atom stereocenters. The molecule has 1 N–H and O–H groups in total. The van der Waals surface area contributed by atoms with Crippen LogP contribution in [0.4, 0.5) is 0 Å². The molecule has 0 saturated heterocycles. The minimum absolute atomic E-state index is 0.540. The van der Waals surface area contributed by atoms with Crippen molar-refractivity contribution in [1.82, 2.24) is 0 Å². The fourth-order valence-electron chi connectivity index (χ4n) is 1.87. The first-order valence-corrected chi connectivity index (χ1v) is 6.61. The van der Waals surface area contributed by atoms with Crippen molar-refractivity contribution in [2.24, 2.45) is 0 Å². The summed E-state index contributed by atoms with van der Waals surface area (Å²) >= 11 is 0. The Labute approximate surface area is 114 Å². The van der Waals surface area contributed by atoms with E-state index in [1.54, 1.807) is 0 Å². The summed E-state index contributed by atoms with van der Waals surface area (Å²) in [6, 6.07) is 17.7. The molecule has 2 aromatic rings. The fourth-order valence-corrected chi connectivity index (χ4v) is 1.87. The van der Waals surface area contributed by atoms with Gasteiger partial charge in [-0.15, -0.1) is 0 Å². The van der Waals surface area contributed by atoms with Gasteiger partial charge in [-0.3, -0.25) is 0 Å². The molecule has 0 aliphatic heterocycles. The first kappa shape index (κ1) is 13.6. The van der Waals surface area contributed by atoms with Gasteiger partial charge in [0.2, 0.25) is 0 Å². The topological polar surface area (TPSA) is 29.5 Å². The van der Waals surface area contributed by atoms with Crippen molar-refractivity contribution in [3.05, 3.63) is 65.7 Å². The molecule has 0 fully saturated rings. The predicted molar refractivity (Wildman–Crippen MR) is 77.1 cm³/mol. The Hall–Kier alpha value is -1.80. The zero-order valence-corrected chi connectivity index (χ0v) is 11.5. The van der Waals surface area contributed by atoms with Crippen LogP contribution in [0.3, 0.4) is 0 Å². The van der Waals surface area contributed by atoms with E-state index < -0.39 is 5.60 Å². The maximum Gasteiger partial charge on any atom is 0.120 e. The van der Waals surface area contributed by atoms with Crippen LogP contribution < -0.4 is 4.74 Å². The van der Waals surface area contributed by atoms with Gasteiger partial charge in [0.05, 0.1) is 5.60 Å². The van der Waals surface area contributed by atoms with Crippen molar-refractivity contribution < 1.29 is 9.84 Å². The van der Waals surface area contributed by atoms with Gasteiger partial charge < -0.3 is 9.84 Å². The molecule has 100 valence electrons. The highest BCUT2D eigenvalue weighted by molar-refractivity contribution is 5.32. The number of hydrogen-bond acceptors (Lipinski definition) is 2. The molecule has 2 nitrogen and oxygen atoms in total. The van der Waals surface area contributed by atoms with E-state index in [1.807, 2.05) is 68.4 Å². The third-order valence-corrected chi connectivity index (χ3v) is 3.39. The molecule has 1 unspecified atom stereocenters. The van der Waals surface area contributed by atoms with E-state index in [0.29, 0.717) is 13.0 Å². The molecular weight excluding hydrogens is 236 g/mol. The normalized spacial score (nSPS) is 13.8. The third kappa shape index (κ3) is 3.58. The summed E-state index contributed by atoms with van der Waals surface area (Å²) in [5, 5.41) is 10.2. The average Bonchev–Trinajstić information content (AvgIpc) is 2.46. The Morgan fingerprint density at radius 3 is 2.47 bits per heavy atom. The number of ether oxygens (including phenoxy) is 1. The zero-order chi connectivity index (χ0) is 13.7. The lowest BCUT2D eigenvalue weighted by Crippen LogP contribution is -2.19. The number of benzene rings is 2. The van der Waals surface area contributed by atoms with E-state index in [0.717, 1.165) is 16.9 Å². The molecule has 0 bridgehead atoms. The third-order valence-electron chi connectivity index (χ3n) is 3.39. The number of aliphatic hydroxyl groups is 1. The Bertz CT molecular complexity index is 518. The Morgan fingerprint density at radius 2 is 1.79 bits per heavy atom. The second kappa shape index (κ2) is 5.89. The number of hydrogen-bond donors (Lipinski definition) is 1. The highest BCUT2D eigenvalue weighted by Gasteiger charge is 2.20. The van der Waals surface area contributed by atoms with Gasteiger partial charge in [-0.1, -0.05) is 49.4 Å². The molecule has 2 rings (SSSR count). The van der Waals surface area contributed by atoms with E-state index in [1.165, 1.54) is 0 Å². The molecule has 0 aliphatic carbocycles. The summed E-state index contributed by atoms with van der Waals surface area (Å²) in [6.07, 6.45) is 0.676. The fraction of sp³-hybridized carbons (Fsp3) is 0.294. The van der Waals surface area contributed by atoms with Crippen LogP contribution in [0.15, 0.2) is 54.6 Å². The van der Waals surface area contributed by atoms with Crippen LogP contribution in [-0.4, -0.2) is 5.11 Å². The monoisotopic (exact) mass is 256 g/mol. The summed E-state index contributed by atoms with van der Waals surface area (Å²) in [4.78, 5) is 0. The van der Waals surface area contributed by atoms with Crippen molar-refractivity contribution >= 4 is 0 Å². The minimum Gasteiger partial charge on any atom is -0.489 e. The molecule has 2 heteroatoms. The van der Waals surface area contributed by atoms with E-state index in [-0.39, 0.29) is 0 Å². The molecule has 0 heterocycles. The quantitative estimate of drug-likeness (QED) is 0.879. The Morgan fingerprint density at radius 1 is 1.05 bits per heavy atom. The molecule has 0 aliphatic rings. The van der Waals surface area contributed by atoms with E-state index in [9.17, 15) is 5.11 Å². The lowest BCUT2D eigenvalue weighted by atomic mass is 9.93. The van der Waals surface area contributed by atoms with Crippen LogP contribution in [-0.2, 0) is 12.2 Å². The van der Waals surface area contributed by atoms with Gasteiger partial charge in [0, 0.05) is 0 Å². The summed E-state index contributed by atoms with van der Waals surface area (Å²) < 4.78 is 5.76. The van der Waals surface area contributed by atoms with Gasteiger partial charge in [0.15, 0.2) is 0 Å². The molecule has 19 heavy (non-hydrogen) atoms. The Balaban J connectivity index is 2.08. The van der Waals surface area contributed by atoms with Gasteiger partial charge in [0.1, 0.15) is 12.4 Å². The van der Waals surface area contributed by atoms with Crippen LogP contribution in [0.25, 0.3) is 0 Å². The summed E-state index contributed by atoms with van der Waals surface area (Å²) in [5.74, 6) is 0.787. The first-order valence-electron chi connectivity index (χ1n) is 6.61. The summed E-state index contributed by atoms with van der Waals surface area (Å²) in [7, 11) is 0. The molecular formula is C17H20O2. The second-order valence-corrected chi connectivity index (χ2v) is 4.93. The van der Waals surface area contributed by atoms with Crippen LogP contribution in [0.5, 0.6) is 5.75 Å². The van der Waals surface area contributed by atoms with Gasteiger partial charge in [-0.25, -0.2) is 0 Å². The average molecular weight is 256 g/mol. The number of rotatable bonds is 5. The molecule has 0 amide bonds. The highest BCUT2D eigenvalue weighted by atomic mass is 16.5. The van der Waals surface area contributed by atoms with Crippen molar-refractivity contribution in [1.29, 1.82) is 0 Å². The van der Waals surface area contributed by atoms with Gasteiger partial charge in [0.25, 0.3) is 0 Å². The Kier molecular flexibility index (Phi) is 4.23. The van der Waals surface area contributed by atoms with Gasteiger partial charge >= 0.3 is 0 Å². The van der Waals surface area contributed by atoms with Crippen molar-refractivity contribution in [3.8, 4) is 5.75 Å². The van der Waals surface area contributed by atoms with Crippen LogP contribution in [0.1, 0.15) is 31.4 Å². The lowest BCUT2D eigenvalue weighted by Gasteiger charge is -2.22. The molecule has 0 spiro atoms. The SMILES string of the molecule is CCC(C)(O)c1cccc(OCc2ccccc2)c1. The van der Waals surface area contributed by atoms with E-state index in [4.69, 9.17) is 4.74 Å². The highest BCUT2D eigenvalue weighted by Crippen LogP contribution is 2.27.